The van der Waals surface area contributed by atoms with E-state index in [1.807, 2.05) is 48.5 Å². The van der Waals surface area contributed by atoms with Crippen LogP contribution in [-0.2, 0) is 5.72 Å². The molecule has 0 fully saturated rings. The summed E-state index contributed by atoms with van der Waals surface area (Å²) in [5.74, 6) is -0.164. The number of para-hydroxylation sites is 1. The van der Waals surface area contributed by atoms with Gasteiger partial charge in [0.25, 0.3) is 5.91 Å². The van der Waals surface area contributed by atoms with Gasteiger partial charge in [0.2, 0.25) is 0 Å². The summed E-state index contributed by atoms with van der Waals surface area (Å²) < 4.78 is 0. The molecule has 3 heteroatoms. The monoisotopic (exact) mass is 279 g/mol. The van der Waals surface area contributed by atoms with Crippen molar-refractivity contribution in [3.05, 3.63) is 78.4 Å². The Bertz CT molecular complexity index is 681. The quantitative estimate of drug-likeness (QED) is 0.871. The van der Waals surface area contributed by atoms with Gasteiger partial charge in [-0.15, -0.1) is 6.58 Å². The van der Waals surface area contributed by atoms with Gasteiger partial charge in [0.15, 0.2) is 5.72 Å². The molecule has 1 atom stereocenters. The van der Waals surface area contributed by atoms with Crippen molar-refractivity contribution in [1.29, 1.82) is 0 Å². The van der Waals surface area contributed by atoms with Crippen molar-refractivity contribution >= 4 is 11.6 Å². The maximum atomic E-state index is 12.7. The van der Waals surface area contributed by atoms with Gasteiger partial charge in [-0.25, -0.2) is 0 Å². The van der Waals surface area contributed by atoms with E-state index in [-0.39, 0.29) is 5.91 Å². The maximum Gasteiger partial charge on any atom is 0.261 e. The van der Waals surface area contributed by atoms with Crippen molar-refractivity contribution in [2.24, 2.45) is 0 Å². The van der Waals surface area contributed by atoms with Crippen molar-refractivity contribution in [2.45, 2.75) is 18.6 Å². The summed E-state index contributed by atoms with van der Waals surface area (Å²) in [6.07, 6.45) is 2.81. The van der Waals surface area contributed by atoms with Crippen LogP contribution >= 0.6 is 0 Å². The van der Waals surface area contributed by atoms with Gasteiger partial charge in [0.1, 0.15) is 0 Å². The van der Waals surface area contributed by atoms with Crippen LogP contribution in [0, 0.1) is 0 Å². The summed E-state index contributed by atoms with van der Waals surface area (Å²) in [4.78, 5) is 14.2. The van der Waals surface area contributed by atoms with E-state index in [1.54, 1.807) is 12.1 Å². The van der Waals surface area contributed by atoms with E-state index in [4.69, 9.17) is 0 Å². The SMILES string of the molecule is C=CCCC1(O)c2ccccc2C(=O)N1c1ccccc1. The highest BCUT2D eigenvalue weighted by molar-refractivity contribution is 6.11. The molecule has 1 aliphatic rings. The van der Waals surface area contributed by atoms with Crippen molar-refractivity contribution in [3.8, 4) is 0 Å². The molecule has 1 unspecified atom stereocenters. The molecule has 0 radical (unpaired) electrons. The molecule has 0 aromatic heterocycles. The minimum absolute atomic E-state index is 0.164. The third kappa shape index (κ3) is 2.06. The normalized spacial score (nSPS) is 20.4. The fourth-order valence-electron chi connectivity index (χ4n) is 2.89. The number of carbonyl (C=O) groups is 1. The van der Waals surface area contributed by atoms with Crippen molar-refractivity contribution in [1.82, 2.24) is 0 Å². The molecule has 21 heavy (non-hydrogen) atoms. The van der Waals surface area contributed by atoms with E-state index < -0.39 is 5.72 Å². The lowest BCUT2D eigenvalue weighted by molar-refractivity contribution is 0.0323. The summed E-state index contributed by atoms with van der Waals surface area (Å²) in [5, 5.41) is 11.2. The minimum atomic E-state index is -1.32. The fraction of sp³-hybridized carbons (Fsp3) is 0.167. The van der Waals surface area contributed by atoms with Crippen molar-refractivity contribution in [3.63, 3.8) is 0 Å². The highest BCUT2D eigenvalue weighted by Crippen LogP contribution is 2.43. The van der Waals surface area contributed by atoms with Gasteiger partial charge in [-0.2, -0.15) is 0 Å². The number of nitrogens with zero attached hydrogens (tertiary/aromatic N) is 1. The largest absolute Gasteiger partial charge is 0.366 e. The Balaban J connectivity index is 2.15. The molecule has 3 nitrogen and oxygen atoms in total. The van der Waals surface area contributed by atoms with Crippen LogP contribution in [0.3, 0.4) is 0 Å². The highest BCUT2D eigenvalue weighted by Gasteiger charge is 2.48. The lowest BCUT2D eigenvalue weighted by Gasteiger charge is -2.34. The zero-order valence-electron chi connectivity index (χ0n) is 11.7. The van der Waals surface area contributed by atoms with Gasteiger partial charge >= 0.3 is 0 Å². The first-order valence-electron chi connectivity index (χ1n) is 7.01. The number of benzene rings is 2. The molecular formula is C18H17NO2. The zero-order valence-corrected chi connectivity index (χ0v) is 11.7. The Morgan fingerprint density at radius 3 is 2.48 bits per heavy atom. The zero-order chi connectivity index (χ0) is 14.9. The Morgan fingerprint density at radius 1 is 1.10 bits per heavy atom. The molecule has 1 aliphatic heterocycles. The third-order valence-electron chi connectivity index (χ3n) is 3.87. The Kier molecular flexibility index (Phi) is 3.35. The number of hydrogen-bond donors (Lipinski definition) is 1. The van der Waals surface area contributed by atoms with Gasteiger partial charge in [0, 0.05) is 23.2 Å². The van der Waals surface area contributed by atoms with Crippen LogP contribution in [0.25, 0.3) is 0 Å². The van der Waals surface area contributed by atoms with E-state index in [2.05, 4.69) is 6.58 Å². The number of anilines is 1. The molecule has 0 spiro atoms. The lowest BCUT2D eigenvalue weighted by Crippen LogP contribution is -2.44. The lowest BCUT2D eigenvalue weighted by atomic mass is 9.96. The maximum absolute atomic E-state index is 12.7. The number of carbonyl (C=O) groups excluding carboxylic acids is 1. The number of rotatable bonds is 4. The molecule has 106 valence electrons. The first-order chi connectivity index (χ1) is 10.2. The second kappa shape index (κ2) is 5.19. The predicted octanol–water partition coefficient (Wildman–Crippen LogP) is 3.46. The van der Waals surface area contributed by atoms with E-state index in [0.29, 0.717) is 29.7 Å². The van der Waals surface area contributed by atoms with Crippen LogP contribution in [0.4, 0.5) is 5.69 Å². The van der Waals surface area contributed by atoms with Crippen LogP contribution in [0.1, 0.15) is 28.8 Å². The first kappa shape index (κ1) is 13.6. The Labute approximate surface area is 124 Å². The number of amides is 1. The minimum Gasteiger partial charge on any atom is -0.366 e. The molecule has 2 aromatic carbocycles. The number of hydrogen-bond acceptors (Lipinski definition) is 2. The molecule has 0 saturated carbocycles. The second-order valence-electron chi connectivity index (χ2n) is 5.17. The first-order valence-corrected chi connectivity index (χ1v) is 7.01. The van der Waals surface area contributed by atoms with Crippen LogP contribution in [0.15, 0.2) is 67.3 Å². The standard InChI is InChI=1S/C18H17NO2/c1-2-3-13-18(21)16-12-8-7-11-15(16)17(20)19(18)14-9-5-4-6-10-14/h2,4-12,21H,1,3,13H2. The van der Waals surface area contributed by atoms with Crippen LogP contribution in [0.5, 0.6) is 0 Å². The molecule has 2 aromatic rings. The average molecular weight is 279 g/mol. The molecule has 3 rings (SSSR count). The van der Waals surface area contributed by atoms with Crippen LogP contribution < -0.4 is 4.90 Å². The summed E-state index contributed by atoms with van der Waals surface area (Å²) in [7, 11) is 0. The van der Waals surface area contributed by atoms with E-state index >= 15 is 0 Å². The van der Waals surface area contributed by atoms with Gasteiger partial charge in [0.05, 0.1) is 0 Å². The fourth-order valence-corrected chi connectivity index (χ4v) is 2.89. The molecule has 0 aliphatic carbocycles. The highest BCUT2D eigenvalue weighted by atomic mass is 16.3. The van der Waals surface area contributed by atoms with Gasteiger partial charge < -0.3 is 5.11 Å². The van der Waals surface area contributed by atoms with E-state index in [9.17, 15) is 9.90 Å². The van der Waals surface area contributed by atoms with E-state index in [1.165, 1.54) is 4.90 Å². The van der Waals surface area contributed by atoms with Crippen LogP contribution in [0.2, 0.25) is 0 Å². The number of fused-ring (bicyclic) bond motifs is 1. The molecule has 0 bridgehead atoms. The third-order valence-corrected chi connectivity index (χ3v) is 3.87. The molecular weight excluding hydrogens is 262 g/mol. The van der Waals surface area contributed by atoms with Gasteiger partial charge in [-0.1, -0.05) is 42.5 Å². The average Bonchev–Trinajstić information content (AvgIpc) is 2.75. The summed E-state index contributed by atoms with van der Waals surface area (Å²) in [6.45, 7) is 3.71. The Hall–Kier alpha value is -2.39. The van der Waals surface area contributed by atoms with Crippen molar-refractivity contribution in [2.75, 3.05) is 4.90 Å². The summed E-state index contributed by atoms with van der Waals surface area (Å²) in [6, 6.07) is 16.5. The van der Waals surface area contributed by atoms with Gasteiger partial charge in [-0.3, -0.25) is 9.69 Å². The van der Waals surface area contributed by atoms with E-state index in [0.717, 1.165) is 0 Å². The topological polar surface area (TPSA) is 40.5 Å². The molecule has 1 N–H and O–H groups in total. The number of aliphatic hydroxyl groups is 1. The summed E-state index contributed by atoms with van der Waals surface area (Å²) >= 11 is 0. The van der Waals surface area contributed by atoms with Crippen LogP contribution in [-0.4, -0.2) is 11.0 Å². The Morgan fingerprint density at radius 2 is 1.76 bits per heavy atom. The molecule has 1 heterocycles. The number of allylic oxidation sites excluding steroid dienone is 1. The summed E-state index contributed by atoms with van der Waals surface area (Å²) in [5.41, 5.74) is 0.613. The predicted molar refractivity (Wildman–Crippen MR) is 83.0 cm³/mol. The molecule has 1 amide bonds. The molecule has 0 saturated heterocycles. The van der Waals surface area contributed by atoms with Gasteiger partial charge in [-0.05, 0) is 24.6 Å². The smallest absolute Gasteiger partial charge is 0.261 e. The second-order valence-corrected chi connectivity index (χ2v) is 5.17. The van der Waals surface area contributed by atoms with Crippen molar-refractivity contribution < 1.29 is 9.90 Å².